The van der Waals surface area contributed by atoms with E-state index in [9.17, 15) is 18.0 Å². The Morgan fingerprint density at radius 3 is 2.53 bits per heavy atom. The van der Waals surface area contributed by atoms with Gasteiger partial charge < -0.3 is 0 Å². The van der Waals surface area contributed by atoms with E-state index in [1.54, 1.807) is 19.1 Å². The summed E-state index contributed by atoms with van der Waals surface area (Å²) in [4.78, 5) is 11.6. The second-order valence-corrected chi connectivity index (χ2v) is 4.26. The molecule has 0 saturated heterocycles. The summed E-state index contributed by atoms with van der Waals surface area (Å²) >= 11 is 5.79. The fourth-order valence-corrected chi connectivity index (χ4v) is 1.53. The SMILES string of the molecule is Cc1cc(C(=O)CCCC(F)(F)F)ccc1Cl. The lowest BCUT2D eigenvalue weighted by Gasteiger charge is -2.06. The summed E-state index contributed by atoms with van der Waals surface area (Å²) in [6, 6.07) is 4.71. The molecular weight excluding hydrogens is 253 g/mol. The van der Waals surface area contributed by atoms with Gasteiger partial charge >= 0.3 is 6.18 Å². The van der Waals surface area contributed by atoms with E-state index in [1.807, 2.05) is 0 Å². The van der Waals surface area contributed by atoms with Crippen molar-refractivity contribution in [3.05, 3.63) is 34.3 Å². The van der Waals surface area contributed by atoms with Crippen LogP contribution in [0.15, 0.2) is 18.2 Å². The number of alkyl halides is 3. The van der Waals surface area contributed by atoms with Crippen molar-refractivity contribution in [2.75, 3.05) is 0 Å². The maximum atomic E-state index is 11.9. The molecule has 0 aliphatic carbocycles. The number of Topliss-reactive ketones (excluding diaryl/α,β-unsaturated/α-hetero) is 1. The van der Waals surface area contributed by atoms with Gasteiger partial charge in [-0.2, -0.15) is 13.2 Å². The Labute approximate surface area is 103 Å². The molecule has 0 aliphatic heterocycles. The highest BCUT2D eigenvalue weighted by Crippen LogP contribution is 2.23. The number of benzene rings is 1. The Morgan fingerprint density at radius 1 is 1.35 bits per heavy atom. The van der Waals surface area contributed by atoms with Gasteiger partial charge in [-0.15, -0.1) is 0 Å². The normalized spacial score (nSPS) is 11.6. The van der Waals surface area contributed by atoms with Crippen LogP contribution in [-0.4, -0.2) is 12.0 Å². The van der Waals surface area contributed by atoms with Crippen LogP contribution in [0.4, 0.5) is 13.2 Å². The molecule has 0 heterocycles. The number of hydrogen-bond donors (Lipinski definition) is 0. The van der Waals surface area contributed by atoms with E-state index in [0.717, 1.165) is 5.56 Å². The molecule has 5 heteroatoms. The van der Waals surface area contributed by atoms with Crippen LogP contribution in [0.25, 0.3) is 0 Å². The minimum absolute atomic E-state index is 0.0966. The molecule has 0 N–H and O–H groups in total. The van der Waals surface area contributed by atoms with Crippen LogP contribution < -0.4 is 0 Å². The van der Waals surface area contributed by atoms with Crippen LogP contribution in [0.3, 0.4) is 0 Å². The molecule has 17 heavy (non-hydrogen) atoms. The Balaban J connectivity index is 2.56. The first kappa shape index (κ1) is 14.0. The standard InChI is InChI=1S/C12H12ClF3O/c1-8-7-9(4-5-10(8)13)11(17)3-2-6-12(14,15)16/h4-5,7H,2-3,6H2,1H3. The fraction of sp³-hybridized carbons (Fsp3) is 0.417. The van der Waals surface area contributed by atoms with E-state index < -0.39 is 12.6 Å². The molecule has 0 unspecified atom stereocenters. The molecule has 0 bridgehead atoms. The van der Waals surface area contributed by atoms with Crippen molar-refractivity contribution in [1.82, 2.24) is 0 Å². The minimum atomic E-state index is -4.20. The van der Waals surface area contributed by atoms with E-state index in [-0.39, 0.29) is 18.6 Å². The lowest BCUT2D eigenvalue weighted by Crippen LogP contribution is -2.08. The molecule has 0 spiro atoms. The Kier molecular flexibility index (Phi) is 4.57. The van der Waals surface area contributed by atoms with E-state index in [1.165, 1.54) is 6.07 Å². The highest BCUT2D eigenvalue weighted by Gasteiger charge is 2.26. The molecule has 94 valence electrons. The molecular formula is C12H12ClF3O. The second-order valence-electron chi connectivity index (χ2n) is 3.86. The van der Waals surface area contributed by atoms with Gasteiger partial charge in [-0.1, -0.05) is 11.6 Å². The van der Waals surface area contributed by atoms with Crippen LogP contribution in [0, 0.1) is 6.92 Å². The van der Waals surface area contributed by atoms with E-state index in [2.05, 4.69) is 0 Å². The lowest BCUT2D eigenvalue weighted by atomic mass is 10.0. The van der Waals surface area contributed by atoms with Gasteiger partial charge in [0, 0.05) is 23.4 Å². The van der Waals surface area contributed by atoms with Gasteiger partial charge in [0.05, 0.1) is 0 Å². The highest BCUT2D eigenvalue weighted by atomic mass is 35.5. The zero-order valence-electron chi connectivity index (χ0n) is 9.27. The summed E-state index contributed by atoms with van der Waals surface area (Å²) in [6.07, 6.45) is -5.40. The monoisotopic (exact) mass is 264 g/mol. The molecule has 0 saturated carbocycles. The third kappa shape index (κ3) is 4.77. The van der Waals surface area contributed by atoms with Gasteiger partial charge in [-0.05, 0) is 37.1 Å². The number of halogens is 4. The topological polar surface area (TPSA) is 17.1 Å². The van der Waals surface area contributed by atoms with E-state index in [4.69, 9.17) is 11.6 Å². The molecule has 1 nitrogen and oxygen atoms in total. The zero-order valence-corrected chi connectivity index (χ0v) is 10.0. The molecule has 1 aromatic rings. The molecule has 0 aliphatic rings. The van der Waals surface area contributed by atoms with E-state index >= 15 is 0 Å². The van der Waals surface area contributed by atoms with Crippen molar-refractivity contribution in [1.29, 1.82) is 0 Å². The number of ketones is 1. The number of aryl methyl sites for hydroxylation is 1. The van der Waals surface area contributed by atoms with Gasteiger partial charge in [-0.25, -0.2) is 0 Å². The van der Waals surface area contributed by atoms with Gasteiger partial charge in [-0.3, -0.25) is 4.79 Å². The fourth-order valence-electron chi connectivity index (χ4n) is 1.41. The predicted octanol–water partition coefficient (Wildman–Crippen LogP) is 4.56. The summed E-state index contributed by atoms with van der Waals surface area (Å²) in [6.45, 7) is 1.74. The quantitative estimate of drug-likeness (QED) is 0.729. The summed E-state index contributed by atoms with van der Waals surface area (Å²) < 4.78 is 35.7. The van der Waals surface area contributed by atoms with Gasteiger partial charge in [0.15, 0.2) is 5.78 Å². The van der Waals surface area contributed by atoms with Crippen LogP contribution in [0.2, 0.25) is 5.02 Å². The maximum Gasteiger partial charge on any atom is 0.389 e. The lowest BCUT2D eigenvalue weighted by molar-refractivity contribution is -0.135. The summed E-state index contributed by atoms with van der Waals surface area (Å²) in [5, 5.41) is 0.539. The molecule has 1 rings (SSSR count). The molecule has 0 fully saturated rings. The van der Waals surface area contributed by atoms with Crippen molar-refractivity contribution in [3.63, 3.8) is 0 Å². The molecule has 1 aromatic carbocycles. The summed E-state index contributed by atoms with van der Waals surface area (Å²) in [5.41, 5.74) is 1.16. The van der Waals surface area contributed by atoms with Gasteiger partial charge in [0.1, 0.15) is 0 Å². The van der Waals surface area contributed by atoms with Crippen LogP contribution in [-0.2, 0) is 0 Å². The second kappa shape index (κ2) is 5.54. The third-order valence-corrected chi connectivity index (χ3v) is 2.77. The number of carbonyl (C=O) groups is 1. The van der Waals surface area contributed by atoms with Crippen LogP contribution >= 0.6 is 11.6 Å². The predicted molar refractivity (Wildman–Crippen MR) is 60.4 cm³/mol. The summed E-state index contributed by atoms with van der Waals surface area (Å²) in [5.74, 6) is -0.283. The molecule has 0 aromatic heterocycles. The average molecular weight is 265 g/mol. The van der Waals surface area contributed by atoms with Gasteiger partial charge in [0.25, 0.3) is 0 Å². The third-order valence-electron chi connectivity index (χ3n) is 2.34. The van der Waals surface area contributed by atoms with Crippen molar-refractivity contribution in [3.8, 4) is 0 Å². The Bertz CT molecular complexity index is 413. The van der Waals surface area contributed by atoms with Crippen molar-refractivity contribution in [2.45, 2.75) is 32.4 Å². The van der Waals surface area contributed by atoms with Crippen molar-refractivity contribution in [2.24, 2.45) is 0 Å². The zero-order chi connectivity index (χ0) is 13.1. The largest absolute Gasteiger partial charge is 0.389 e. The minimum Gasteiger partial charge on any atom is -0.294 e. The van der Waals surface area contributed by atoms with Gasteiger partial charge in [0.2, 0.25) is 0 Å². The maximum absolute atomic E-state index is 11.9. The average Bonchev–Trinajstić information content (AvgIpc) is 2.20. The number of hydrogen-bond acceptors (Lipinski definition) is 1. The van der Waals surface area contributed by atoms with Crippen LogP contribution in [0.1, 0.15) is 35.2 Å². The molecule has 0 atom stereocenters. The Morgan fingerprint density at radius 2 is 2.00 bits per heavy atom. The number of rotatable bonds is 4. The highest BCUT2D eigenvalue weighted by molar-refractivity contribution is 6.31. The first-order valence-electron chi connectivity index (χ1n) is 5.16. The van der Waals surface area contributed by atoms with E-state index in [0.29, 0.717) is 10.6 Å². The smallest absolute Gasteiger partial charge is 0.294 e. The number of carbonyl (C=O) groups excluding carboxylic acids is 1. The van der Waals surface area contributed by atoms with Crippen molar-refractivity contribution < 1.29 is 18.0 Å². The summed E-state index contributed by atoms with van der Waals surface area (Å²) in [7, 11) is 0. The van der Waals surface area contributed by atoms with Crippen molar-refractivity contribution >= 4 is 17.4 Å². The molecule has 0 radical (unpaired) electrons. The Hall–Kier alpha value is -1.03. The first-order chi connectivity index (χ1) is 7.79. The van der Waals surface area contributed by atoms with Crippen LogP contribution in [0.5, 0.6) is 0 Å². The molecule has 0 amide bonds. The first-order valence-corrected chi connectivity index (χ1v) is 5.53.